The average molecular weight is 421 g/mol. The summed E-state index contributed by atoms with van der Waals surface area (Å²) in [4.78, 5) is 36.3. The van der Waals surface area contributed by atoms with Gasteiger partial charge in [-0.15, -0.1) is 0 Å². The first-order valence-electron chi connectivity index (χ1n) is 9.21. The highest BCUT2D eigenvalue weighted by molar-refractivity contribution is 6.02. The van der Waals surface area contributed by atoms with Crippen LogP contribution in [0.15, 0.2) is 72.8 Å². The average Bonchev–Trinajstić information content (AvgIpc) is 2.82. The monoisotopic (exact) mass is 421 g/mol. The minimum atomic E-state index is -1.29. The fourth-order valence-electron chi connectivity index (χ4n) is 2.94. The van der Waals surface area contributed by atoms with Gasteiger partial charge in [-0.1, -0.05) is 30.3 Å². The lowest BCUT2D eigenvalue weighted by Crippen LogP contribution is -2.20. The summed E-state index contributed by atoms with van der Waals surface area (Å²) in [6.45, 7) is 0. The molecule has 3 aromatic rings. The van der Waals surface area contributed by atoms with Crippen LogP contribution in [0.25, 0.3) is 0 Å². The van der Waals surface area contributed by atoms with Gasteiger partial charge < -0.3 is 14.2 Å². The molecular formula is C23H19NO7. The van der Waals surface area contributed by atoms with Crippen molar-refractivity contribution in [2.24, 2.45) is 0 Å². The second-order valence-electron chi connectivity index (χ2n) is 6.43. The highest BCUT2D eigenvalue weighted by Crippen LogP contribution is 2.30. The standard InChI is InChI=1S/C23H19NO7/c1-29-19-13-10-17(14-20(19)30-2)23(26)31-22(21(25)15-6-4-3-5-7-15)16-8-11-18(12-9-16)24(27)28/h3-14,22H,1-2H3/t22-/m0/s1. The largest absolute Gasteiger partial charge is 0.493 e. The quantitative estimate of drug-likeness (QED) is 0.230. The van der Waals surface area contributed by atoms with E-state index < -0.39 is 22.8 Å². The van der Waals surface area contributed by atoms with Gasteiger partial charge in [-0.05, 0) is 30.3 Å². The molecule has 31 heavy (non-hydrogen) atoms. The molecule has 0 saturated carbocycles. The molecule has 0 aliphatic rings. The van der Waals surface area contributed by atoms with Gasteiger partial charge in [-0.25, -0.2) is 4.79 Å². The minimum Gasteiger partial charge on any atom is -0.493 e. The predicted molar refractivity (Wildman–Crippen MR) is 112 cm³/mol. The van der Waals surface area contributed by atoms with Gasteiger partial charge in [0.15, 0.2) is 17.6 Å². The van der Waals surface area contributed by atoms with Crippen LogP contribution in [0.4, 0.5) is 5.69 Å². The first-order chi connectivity index (χ1) is 14.9. The van der Waals surface area contributed by atoms with Crippen molar-refractivity contribution < 1.29 is 28.7 Å². The topological polar surface area (TPSA) is 105 Å². The molecule has 3 aromatic carbocycles. The number of rotatable bonds is 8. The van der Waals surface area contributed by atoms with E-state index in [1.54, 1.807) is 36.4 Å². The van der Waals surface area contributed by atoms with Gasteiger partial charge in [0, 0.05) is 23.3 Å². The molecule has 0 aliphatic heterocycles. The Hall–Kier alpha value is -4.20. The van der Waals surface area contributed by atoms with E-state index >= 15 is 0 Å². The van der Waals surface area contributed by atoms with Gasteiger partial charge in [0.2, 0.25) is 5.78 Å². The van der Waals surface area contributed by atoms with E-state index in [4.69, 9.17) is 14.2 Å². The predicted octanol–water partition coefficient (Wildman–Crippen LogP) is 4.39. The summed E-state index contributed by atoms with van der Waals surface area (Å²) in [5, 5.41) is 10.9. The molecule has 0 amide bonds. The summed E-state index contributed by atoms with van der Waals surface area (Å²) in [6.07, 6.45) is -1.29. The van der Waals surface area contributed by atoms with Gasteiger partial charge in [0.1, 0.15) is 0 Å². The van der Waals surface area contributed by atoms with Gasteiger partial charge in [-0.2, -0.15) is 0 Å². The molecule has 0 bridgehead atoms. The number of non-ortho nitro benzene ring substituents is 1. The smallest absolute Gasteiger partial charge is 0.339 e. The maximum Gasteiger partial charge on any atom is 0.339 e. The number of ketones is 1. The van der Waals surface area contributed by atoms with Crippen LogP contribution in [0.1, 0.15) is 32.4 Å². The summed E-state index contributed by atoms with van der Waals surface area (Å²) >= 11 is 0. The van der Waals surface area contributed by atoms with Crippen molar-refractivity contribution in [3.05, 3.63) is 99.6 Å². The Labute approximate surface area is 178 Å². The number of ether oxygens (including phenoxy) is 3. The third kappa shape index (κ3) is 4.87. The number of benzene rings is 3. The van der Waals surface area contributed by atoms with Crippen LogP contribution in [0.2, 0.25) is 0 Å². The second kappa shape index (κ2) is 9.53. The molecular weight excluding hydrogens is 402 g/mol. The summed E-state index contributed by atoms with van der Waals surface area (Å²) < 4.78 is 15.9. The van der Waals surface area contributed by atoms with Crippen molar-refractivity contribution in [3.8, 4) is 11.5 Å². The van der Waals surface area contributed by atoms with E-state index in [2.05, 4.69) is 0 Å². The first kappa shape index (κ1) is 21.5. The molecule has 0 heterocycles. The molecule has 0 spiro atoms. The third-order valence-electron chi connectivity index (χ3n) is 4.55. The zero-order chi connectivity index (χ0) is 22.4. The van der Waals surface area contributed by atoms with Crippen molar-refractivity contribution in [1.82, 2.24) is 0 Å². The van der Waals surface area contributed by atoms with Crippen molar-refractivity contribution in [2.75, 3.05) is 14.2 Å². The Balaban J connectivity index is 1.95. The Bertz CT molecular complexity index is 1090. The van der Waals surface area contributed by atoms with Crippen LogP contribution in [0.5, 0.6) is 11.5 Å². The number of esters is 1. The second-order valence-corrected chi connectivity index (χ2v) is 6.43. The molecule has 0 saturated heterocycles. The maximum atomic E-state index is 13.1. The van der Waals surface area contributed by atoms with Gasteiger partial charge in [0.05, 0.1) is 24.7 Å². The number of hydrogen-bond acceptors (Lipinski definition) is 7. The number of nitro groups is 1. The molecule has 0 unspecified atom stereocenters. The van der Waals surface area contributed by atoms with E-state index in [9.17, 15) is 19.7 Å². The van der Waals surface area contributed by atoms with Crippen LogP contribution in [-0.4, -0.2) is 30.9 Å². The first-order valence-corrected chi connectivity index (χ1v) is 9.21. The number of carbonyl (C=O) groups is 2. The molecule has 8 heteroatoms. The number of carbonyl (C=O) groups excluding carboxylic acids is 2. The Morgan fingerprint density at radius 1 is 0.839 bits per heavy atom. The van der Waals surface area contributed by atoms with Crippen molar-refractivity contribution in [3.63, 3.8) is 0 Å². The third-order valence-corrected chi connectivity index (χ3v) is 4.55. The highest BCUT2D eigenvalue weighted by Gasteiger charge is 2.27. The Morgan fingerprint density at radius 2 is 1.48 bits per heavy atom. The van der Waals surface area contributed by atoms with Crippen LogP contribution in [0, 0.1) is 10.1 Å². The summed E-state index contributed by atoms with van der Waals surface area (Å²) in [7, 11) is 2.91. The van der Waals surface area contributed by atoms with Gasteiger partial charge >= 0.3 is 5.97 Å². The molecule has 0 aliphatic carbocycles. The number of hydrogen-bond donors (Lipinski definition) is 0. The zero-order valence-electron chi connectivity index (χ0n) is 16.8. The van der Waals surface area contributed by atoms with Crippen molar-refractivity contribution in [2.45, 2.75) is 6.10 Å². The fourth-order valence-corrected chi connectivity index (χ4v) is 2.94. The normalized spacial score (nSPS) is 11.3. The van der Waals surface area contributed by atoms with Crippen LogP contribution < -0.4 is 9.47 Å². The van der Waals surface area contributed by atoms with E-state index in [1.807, 2.05) is 0 Å². The maximum absolute atomic E-state index is 13.1. The molecule has 0 aromatic heterocycles. The van der Waals surface area contributed by atoms with E-state index in [1.165, 1.54) is 50.6 Å². The Kier molecular flexibility index (Phi) is 6.61. The number of methoxy groups -OCH3 is 2. The SMILES string of the molecule is COc1ccc(C(=O)O[C@H](C(=O)c2ccccc2)c2ccc([N+](=O)[O-])cc2)cc1OC. The molecule has 3 rings (SSSR count). The van der Waals surface area contributed by atoms with Gasteiger partial charge in [0.25, 0.3) is 5.69 Å². The van der Waals surface area contributed by atoms with Gasteiger partial charge in [-0.3, -0.25) is 14.9 Å². The summed E-state index contributed by atoms with van der Waals surface area (Å²) in [5.74, 6) is -0.443. The zero-order valence-corrected chi connectivity index (χ0v) is 16.8. The van der Waals surface area contributed by atoms with E-state index in [-0.39, 0.29) is 11.3 Å². The Morgan fingerprint density at radius 3 is 2.06 bits per heavy atom. The van der Waals surface area contributed by atoms with E-state index in [0.717, 1.165) is 0 Å². The number of nitrogens with zero attached hydrogens (tertiary/aromatic N) is 1. The van der Waals surface area contributed by atoms with Crippen LogP contribution in [0.3, 0.4) is 0 Å². The summed E-state index contributed by atoms with van der Waals surface area (Å²) in [5.41, 5.74) is 0.672. The van der Waals surface area contributed by atoms with Crippen LogP contribution >= 0.6 is 0 Å². The van der Waals surface area contributed by atoms with E-state index in [0.29, 0.717) is 22.6 Å². The molecule has 8 nitrogen and oxygen atoms in total. The van der Waals surface area contributed by atoms with Crippen molar-refractivity contribution >= 4 is 17.4 Å². The molecule has 1 atom stereocenters. The van der Waals surface area contributed by atoms with Crippen LogP contribution in [-0.2, 0) is 4.74 Å². The molecule has 0 radical (unpaired) electrons. The number of Topliss-reactive ketones (excluding diaryl/α,β-unsaturated/α-hetero) is 1. The summed E-state index contributed by atoms with van der Waals surface area (Å²) in [6, 6.07) is 18.1. The molecule has 0 fully saturated rings. The number of nitro benzene ring substituents is 1. The lowest BCUT2D eigenvalue weighted by atomic mass is 9.99. The molecule has 158 valence electrons. The molecule has 0 N–H and O–H groups in total. The fraction of sp³-hybridized carbons (Fsp3) is 0.130. The minimum absolute atomic E-state index is 0.138. The lowest BCUT2D eigenvalue weighted by molar-refractivity contribution is -0.384. The highest BCUT2D eigenvalue weighted by atomic mass is 16.6. The lowest BCUT2D eigenvalue weighted by Gasteiger charge is -2.18. The van der Waals surface area contributed by atoms with Crippen molar-refractivity contribution in [1.29, 1.82) is 0 Å².